The lowest BCUT2D eigenvalue weighted by Gasteiger charge is -2.12. The van der Waals surface area contributed by atoms with Gasteiger partial charge in [-0.15, -0.1) is 0 Å². The largest absolute Gasteiger partial charge is 0.527 e. The highest BCUT2D eigenvalue weighted by molar-refractivity contribution is 7.47. The van der Waals surface area contributed by atoms with Gasteiger partial charge < -0.3 is 9.26 Å². The fourth-order valence-corrected chi connectivity index (χ4v) is 2.78. The fraction of sp³-hybridized carbons (Fsp3) is 0.700. The highest BCUT2D eigenvalue weighted by atomic mass is 31.2. The minimum absolute atomic E-state index is 0.0233. The first kappa shape index (κ1) is 12.6. The van der Waals surface area contributed by atoms with Gasteiger partial charge in [0.15, 0.2) is 0 Å². The second kappa shape index (κ2) is 4.80. The molecule has 7 heteroatoms. The Morgan fingerprint density at radius 2 is 2.24 bits per heavy atom. The maximum absolute atomic E-state index is 11.6. The molecule has 2 unspecified atom stereocenters. The lowest BCUT2D eigenvalue weighted by Crippen LogP contribution is -2.10. The summed E-state index contributed by atoms with van der Waals surface area (Å²) in [6.45, 7) is 2.15. The highest BCUT2D eigenvalue weighted by Crippen LogP contribution is 2.51. The molecule has 0 saturated carbocycles. The molecule has 2 aliphatic rings. The Morgan fingerprint density at radius 1 is 1.47 bits per heavy atom. The normalized spacial score (nSPS) is 32.8. The van der Waals surface area contributed by atoms with Gasteiger partial charge in [0.1, 0.15) is 12.4 Å². The molecule has 6 nitrogen and oxygen atoms in total. The second-order valence-corrected chi connectivity index (χ2v) is 5.47. The Bertz CT molecular complexity index is 402. The van der Waals surface area contributed by atoms with Gasteiger partial charge in [0, 0.05) is 6.42 Å². The van der Waals surface area contributed by atoms with Gasteiger partial charge in [-0.25, -0.2) is 9.36 Å². The molecule has 1 saturated heterocycles. The Balaban J connectivity index is 2.31. The molecular weight excluding hydrogens is 247 g/mol. The van der Waals surface area contributed by atoms with Crippen molar-refractivity contribution in [2.75, 3.05) is 13.2 Å². The lowest BCUT2D eigenvalue weighted by molar-refractivity contribution is -0.135. The van der Waals surface area contributed by atoms with Gasteiger partial charge in [-0.05, 0) is 6.42 Å². The minimum atomic E-state index is -4.07. The van der Waals surface area contributed by atoms with Gasteiger partial charge in [-0.1, -0.05) is 13.3 Å². The van der Waals surface area contributed by atoms with Crippen molar-refractivity contribution in [1.82, 2.24) is 0 Å². The summed E-state index contributed by atoms with van der Waals surface area (Å²) in [5, 5.41) is 0. The zero-order valence-corrected chi connectivity index (χ0v) is 10.4. The maximum Gasteiger partial charge on any atom is 0.527 e. The molecule has 0 aliphatic carbocycles. The van der Waals surface area contributed by atoms with Gasteiger partial charge in [-0.2, -0.15) is 0 Å². The third-order valence-corrected chi connectivity index (χ3v) is 3.69. The van der Waals surface area contributed by atoms with Gasteiger partial charge in [0.05, 0.1) is 18.1 Å². The Labute approximate surface area is 99.2 Å². The van der Waals surface area contributed by atoms with Crippen molar-refractivity contribution in [2.45, 2.75) is 26.2 Å². The second-order valence-electron chi connectivity index (χ2n) is 4.09. The molecule has 0 spiro atoms. The molecule has 0 amide bonds. The number of cyclic esters (lactones) is 1. The number of esters is 1. The van der Waals surface area contributed by atoms with Crippen LogP contribution in [0.3, 0.4) is 0 Å². The molecule has 2 rings (SSSR count). The number of ether oxygens (including phenoxy) is 1. The van der Waals surface area contributed by atoms with E-state index in [1.165, 1.54) is 0 Å². The number of carbonyl (C=O) groups is 1. The number of phosphoric acid groups is 1. The van der Waals surface area contributed by atoms with Crippen LogP contribution in [0.5, 0.6) is 0 Å². The molecule has 1 N–H and O–H groups in total. The summed E-state index contributed by atoms with van der Waals surface area (Å²) in [6.07, 6.45) is 2.13. The van der Waals surface area contributed by atoms with Crippen LogP contribution in [0.15, 0.2) is 11.3 Å². The van der Waals surface area contributed by atoms with E-state index < -0.39 is 13.8 Å². The van der Waals surface area contributed by atoms with Crippen molar-refractivity contribution in [3.05, 3.63) is 11.3 Å². The smallest absolute Gasteiger partial charge is 0.461 e. The standard InChI is InChI=1S/C10H15O6P/c1-2-3-4-8-9-7(5-14-10(9)11)6-15-17(12,13)16-8/h7H,2-6H2,1H3,(H,12,13). The summed E-state index contributed by atoms with van der Waals surface area (Å²) in [5.74, 6) is -0.508. The Hall–Kier alpha value is -0.840. The molecular formula is C10H15O6P. The van der Waals surface area contributed by atoms with Crippen LogP contribution in [0.1, 0.15) is 26.2 Å². The average molecular weight is 262 g/mol. The van der Waals surface area contributed by atoms with Gasteiger partial charge in [0.2, 0.25) is 0 Å². The first-order valence-electron chi connectivity index (χ1n) is 5.60. The van der Waals surface area contributed by atoms with Crippen molar-refractivity contribution < 1.29 is 28.0 Å². The van der Waals surface area contributed by atoms with Crippen LogP contribution >= 0.6 is 7.82 Å². The zero-order chi connectivity index (χ0) is 12.5. The number of phosphoric ester groups is 1. The van der Waals surface area contributed by atoms with E-state index in [0.29, 0.717) is 12.0 Å². The average Bonchev–Trinajstić information content (AvgIpc) is 2.57. The monoisotopic (exact) mass is 262 g/mol. The van der Waals surface area contributed by atoms with Gasteiger partial charge in [0.25, 0.3) is 0 Å². The van der Waals surface area contributed by atoms with Gasteiger partial charge in [-0.3, -0.25) is 9.42 Å². The van der Waals surface area contributed by atoms with Crippen molar-refractivity contribution in [3.8, 4) is 0 Å². The number of allylic oxidation sites excluding steroid dienone is 1. The van der Waals surface area contributed by atoms with Crippen molar-refractivity contribution in [3.63, 3.8) is 0 Å². The molecule has 0 aromatic heterocycles. The van der Waals surface area contributed by atoms with Crippen molar-refractivity contribution in [2.24, 2.45) is 5.92 Å². The van der Waals surface area contributed by atoms with E-state index in [-0.39, 0.29) is 24.9 Å². The molecule has 0 radical (unpaired) electrons. The Kier molecular flexibility index (Phi) is 3.56. The predicted octanol–water partition coefficient (Wildman–Crippen LogP) is 1.75. The summed E-state index contributed by atoms with van der Waals surface area (Å²) in [4.78, 5) is 20.9. The number of hydrogen-bond acceptors (Lipinski definition) is 5. The molecule has 0 aromatic carbocycles. The molecule has 1 fully saturated rings. The first-order valence-corrected chi connectivity index (χ1v) is 7.10. The van der Waals surface area contributed by atoms with Crippen molar-refractivity contribution >= 4 is 13.8 Å². The van der Waals surface area contributed by atoms with Crippen LogP contribution < -0.4 is 0 Å². The zero-order valence-electron chi connectivity index (χ0n) is 9.55. The van der Waals surface area contributed by atoms with E-state index in [4.69, 9.17) is 13.8 Å². The highest BCUT2D eigenvalue weighted by Gasteiger charge is 2.41. The van der Waals surface area contributed by atoms with Crippen LogP contribution in [0.4, 0.5) is 0 Å². The van der Waals surface area contributed by atoms with Crippen molar-refractivity contribution in [1.29, 1.82) is 0 Å². The summed E-state index contributed by atoms with van der Waals surface area (Å²) < 4.78 is 26.1. The summed E-state index contributed by atoms with van der Waals surface area (Å²) in [7, 11) is -4.07. The number of unbranched alkanes of at least 4 members (excludes halogenated alkanes) is 1. The third kappa shape index (κ3) is 2.70. The van der Waals surface area contributed by atoms with Crippen LogP contribution in [-0.4, -0.2) is 24.1 Å². The third-order valence-electron chi connectivity index (χ3n) is 2.77. The maximum atomic E-state index is 11.6. The van der Waals surface area contributed by atoms with E-state index >= 15 is 0 Å². The molecule has 17 heavy (non-hydrogen) atoms. The van der Waals surface area contributed by atoms with E-state index in [2.05, 4.69) is 0 Å². The predicted molar refractivity (Wildman–Crippen MR) is 57.9 cm³/mol. The quantitative estimate of drug-likeness (QED) is 0.616. The molecule has 2 heterocycles. The lowest BCUT2D eigenvalue weighted by atomic mass is 10.00. The summed E-state index contributed by atoms with van der Waals surface area (Å²) in [6, 6.07) is 0. The van der Waals surface area contributed by atoms with Crippen LogP contribution in [-0.2, 0) is 23.1 Å². The number of fused-ring (bicyclic) bond motifs is 1. The summed E-state index contributed by atoms with van der Waals surface area (Å²) in [5.41, 5.74) is 0.366. The van der Waals surface area contributed by atoms with E-state index in [9.17, 15) is 14.3 Å². The summed E-state index contributed by atoms with van der Waals surface area (Å²) >= 11 is 0. The SMILES string of the molecule is CCCCC1=C2C(=O)OCC2COP(=O)(O)O1. The molecule has 2 atom stereocenters. The van der Waals surface area contributed by atoms with Crippen LogP contribution in [0.2, 0.25) is 0 Å². The molecule has 96 valence electrons. The first-order chi connectivity index (χ1) is 8.03. The minimum Gasteiger partial charge on any atom is -0.461 e. The number of rotatable bonds is 3. The Morgan fingerprint density at radius 3 is 2.94 bits per heavy atom. The fourth-order valence-electron chi connectivity index (χ4n) is 1.89. The number of carbonyl (C=O) groups excluding carboxylic acids is 1. The van der Waals surface area contributed by atoms with Gasteiger partial charge >= 0.3 is 13.8 Å². The van der Waals surface area contributed by atoms with Crippen LogP contribution in [0, 0.1) is 5.92 Å². The topological polar surface area (TPSA) is 82.1 Å². The molecule has 2 aliphatic heterocycles. The van der Waals surface area contributed by atoms with E-state index in [1.54, 1.807) is 0 Å². The van der Waals surface area contributed by atoms with Crippen LogP contribution in [0.25, 0.3) is 0 Å². The molecule has 0 aromatic rings. The number of hydrogen-bond donors (Lipinski definition) is 1. The van der Waals surface area contributed by atoms with E-state index in [0.717, 1.165) is 12.8 Å². The molecule has 0 bridgehead atoms. The van der Waals surface area contributed by atoms with E-state index in [1.807, 2.05) is 6.92 Å².